The van der Waals surface area contributed by atoms with Gasteiger partial charge in [0.25, 0.3) is 0 Å². The molecule has 0 amide bonds. The number of halogens is 2. The third kappa shape index (κ3) is 4.45. The van der Waals surface area contributed by atoms with E-state index in [-0.39, 0.29) is 0 Å². The van der Waals surface area contributed by atoms with E-state index in [1.807, 2.05) is 12.1 Å². The minimum absolute atomic E-state index is 0.492. The van der Waals surface area contributed by atoms with Crippen molar-refractivity contribution in [2.75, 3.05) is 26.2 Å². The molecule has 1 heterocycles. The van der Waals surface area contributed by atoms with Crippen LogP contribution in [-0.2, 0) is 0 Å². The van der Waals surface area contributed by atoms with E-state index in [1.54, 1.807) is 0 Å². The summed E-state index contributed by atoms with van der Waals surface area (Å²) >= 11 is 9.78. The zero-order valence-corrected chi connectivity index (χ0v) is 14.7. The molecule has 0 saturated carbocycles. The fourth-order valence-corrected chi connectivity index (χ4v) is 3.74. The molecule has 4 heteroatoms. The minimum atomic E-state index is 0.492. The molecule has 112 valence electrons. The van der Waals surface area contributed by atoms with Crippen molar-refractivity contribution in [1.29, 1.82) is 0 Å². The molecule has 2 rings (SSSR count). The van der Waals surface area contributed by atoms with Crippen LogP contribution in [0, 0.1) is 5.92 Å². The first-order chi connectivity index (χ1) is 9.58. The first kappa shape index (κ1) is 16.3. The third-order valence-electron chi connectivity index (χ3n) is 3.93. The van der Waals surface area contributed by atoms with Crippen LogP contribution in [-0.4, -0.2) is 31.1 Å². The molecule has 1 N–H and O–H groups in total. The molecule has 0 unspecified atom stereocenters. The van der Waals surface area contributed by atoms with Gasteiger partial charge in [0.05, 0.1) is 0 Å². The highest BCUT2D eigenvalue weighted by molar-refractivity contribution is 9.10. The molecule has 2 nitrogen and oxygen atoms in total. The van der Waals surface area contributed by atoms with Gasteiger partial charge in [0.2, 0.25) is 0 Å². The van der Waals surface area contributed by atoms with Crippen molar-refractivity contribution in [1.82, 2.24) is 10.2 Å². The van der Waals surface area contributed by atoms with E-state index in [0.29, 0.717) is 6.04 Å². The third-order valence-corrected chi connectivity index (χ3v) is 4.85. The molecule has 0 spiro atoms. The number of hydrogen-bond acceptors (Lipinski definition) is 2. The SMILES string of the molecule is CC(C)CC[C@@H](c1ccc(Cl)cc1Br)N1CCNCC1. The fraction of sp³-hybridized carbons (Fsp3) is 0.625. The van der Waals surface area contributed by atoms with Gasteiger partial charge in [-0.25, -0.2) is 0 Å². The largest absolute Gasteiger partial charge is 0.314 e. The molecule has 1 aromatic rings. The van der Waals surface area contributed by atoms with Crippen molar-refractivity contribution in [3.8, 4) is 0 Å². The quantitative estimate of drug-likeness (QED) is 0.833. The van der Waals surface area contributed by atoms with Crippen molar-refractivity contribution in [2.24, 2.45) is 5.92 Å². The zero-order valence-electron chi connectivity index (χ0n) is 12.3. The molecule has 1 aromatic carbocycles. The first-order valence-electron chi connectivity index (χ1n) is 7.47. The van der Waals surface area contributed by atoms with Gasteiger partial charge in [-0.2, -0.15) is 0 Å². The summed E-state index contributed by atoms with van der Waals surface area (Å²) in [6, 6.07) is 6.69. The van der Waals surface area contributed by atoms with E-state index < -0.39 is 0 Å². The molecule has 1 fully saturated rings. The highest BCUT2D eigenvalue weighted by atomic mass is 79.9. The maximum absolute atomic E-state index is 6.08. The summed E-state index contributed by atoms with van der Waals surface area (Å²) in [5.41, 5.74) is 1.37. The highest BCUT2D eigenvalue weighted by Gasteiger charge is 2.23. The van der Waals surface area contributed by atoms with Crippen LogP contribution in [0.2, 0.25) is 5.02 Å². The molecule has 1 atom stereocenters. The predicted molar refractivity (Wildman–Crippen MR) is 90.4 cm³/mol. The van der Waals surface area contributed by atoms with Crippen LogP contribution < -0.4 is 5.32 Å². The Morgan fingerprint density at radius 1 is 1.25 bits per heavy atom. The normalized spacial score (nSPS) is 18.4. The fourth-order valence-electron chi connectivity index (χ4n) is 2.79. The second-order valence-corrected chi connectivity index (χ2v) is 7.23. The predicted octanol–water partition coefficient (Wildman–Crippen LogP) is 4.49. The van der Waals surface area contributed by atoms with Gasteiger partial charge < -0.3 is 5.32 Å². The molecule has 20 heavy (non-hydrogen) atoms. The molecule has 0 radical (unpaired) electrons. The molecule has 0 aromatic heterocycles. The van der Waals surface area contributed by atoms with Gasteiger partial charge in [0.1, 0.15) is 0 Å². The van der Waals surface area contributed by atoms with Crippen LogP contribution in [0.5, 0.6) is 0 Å². The second-order valence-electron chi connectivity index (χ2n) is 5.94. The lowest BCUT2D eigenvalue weighted by atomic mass is 9.96. The van der Waals surface area contributed by atoms with Gasteiger partial charge in [-0.15, -0.1) is 0 Å². The van der Waals surface area contributed by atoms with Crippen LogP contribution in [0.15, 0.2) is 22.7 Å². The van der Waals surface area contributed by atoms with E-state index in [2.05, 4.69) is 46.1 Å². The Hall–Kier alpha value is -0.0900. The van der Waals surface area contributed by atoms with E-state index in [1.165, 1.54) is 18.4 Å². The number of hydrogen-bond donors (Lipinski definition) is 1. The standard InChI is InChI=1S/C16H24BrClN2/c1-12(2)3-6-16(20-9-7-19-8-10-20)14-5-4-13(18)11-15(14)17/h4-5,11-12,16,19H,3,6-10H2,1-2H3/t16-/m0/s1. The van der Waals surface area contributed by atoms with E-state index >= 15 is 0 Å². The highest BCUT2D eigenvalue weighted by Crippen LogP contribution is 2.34. The van der Waals surface area contributed by atoms with Crippen LogP contribution >= 0.6 is 27.5 Å². The summed E-state index contributed by atoms with van der Waals surface area (Å²) in [5, 5.41) is 4.23. The Balaban J connectivity index is 2.19. The lowest BCUT2D eigenvalue weighted by Gasteiger charge is -2.36. The van der Waals surface area contributed by atoms with Crippen molar-refractivity contribution in [2.45, 2.75) is 32.7 Å². The Bertz CT molecular complexity index is 430. The lowest BCUT2D eigenvalue weighted by Crippen LogP contribution is -2.45. The summed E-state index contributed by atoms with van der Waals surface area (Å²) < 4.78 is 1.14. The van der Waals surface area contributed by atoms with Gasteiger partial charge in [-0.05, 0) is 36.5 Å². The lowest BCUT2D eigenvalue weighted by molar-refractivity contribution is 0.159. The van der Waals surface area contributed by atoms with Gasteiger partial charge in [-0.3, -0.25) is 4.90 Å². The maximum atomic E-state index is 6.08. The minimum Gasteiger partial charge on any atom is -0.314 e. The van der Waals surface area contributed by atoms with Gasteiger partial charge in [-0.1, -0.05) is 47.4 Å². The van der Waals surface area contributed by atoms with Crippen molar-refractivity contribution in [3.05, 3.63) is 33.3 Å². The number of benzene rings is 1. The summed E-state index contributed by atoms with van der Waals surface area (Å²) in [6.07, 6.45) is 2.46. The van der Waals surface area contributed by atoms with Crippen LogP contribution in [0.4, 0.5) is 0 Å². The maximum Gasteiger partial charge on any atom is 0.0417 e. The Morgan fingerprint density at radius 3 is 2.55 bits per heavy atom. The molecule has 1 aliphatic rings. The van der Waals surface area contributed by atoms with Gasteiger partial charge >= 0.3 is 0 Å². The second kappa shape index (κ2) is 7.79. The molecule has 1 aliphatic heterocycles. The Kier molecular flexibility index (Phi) is 6.34. The number of piperazine rings is 1. The van der Waals surface area contributed by atoms with Crippen LogP contribution in [0.1, 0.15) is 38.3 Å². The van der Waals surface area contributed by atoms with E-state index in [0.717, 1.165) is 41.6 Å². The number of nitrogens with zero attached hydrogens (tertiary/aromatic N) is 1. The summed E-state index contributed by atoms with van der Waals surface area (Å²) in [6.45, 7) is 9.01. The number of rotatable bonds is 5. The van der Waals surface area contributed by atoms with Gasteiger partial charge in [0, 0.05) is 41.7 Å². The smallest absolute Gasteiger partial charge is 0.0417 e. The molecular formula is C16H24BrClN2. The van der Waals surface area contributed by atoms with Crippen molar-refractivity contribution < 1.29 is 0 Å². The summed E-state index contributed by atoms with van der Waals surface area (Å²) in [4.78, 5) is 2.60. The number of nitrogens with one attached hydrogen (secondary N) is 1. The molecule has 0 aliphatic carbocycles. The van der Waals surface area contributed by atoms with Crippen LogP contribution in [0.25, 0.3) is 0 Å². The monoisotopic (exact) mass is 358 g/mol. The molecule has 1 saturated heterocycles. The molecular weight excluding hydrogens is 336 g/mol. The van der Waals surface area contributed by atoms with Crippen molar-refractivity contribution >= 4 is 27.5 Å². The van der Waals surface area contributed by atoms with E-state index in [9.17, 15) is 0 Å². The average molecular weight is 360 g/mol. The van der Waals surface area contributed by atoms with Gasteiger partial charge in [0.15, 0.2) is 0 Å². The zero-order chi connectivity index (χ0) is 14.5. The average Bonchev–Trinajstić information content (AvgIpc) is 2.42. The van der Waals surface area contributed by atoms with Crippen molar-refractivity contribution in [3.63, 3.8) is 0 Å². The summed E-state index contributed by atoms with van der Waals surface area (Å²) in [5.74, 6) is 0.742. The van der Waals surface area contributed by atoms with E-state index in [4.69, 9.17) is 11.6 Å². The van der Waals surface area contributed by atoms with Crippen LogP contribution in [0.3, 0.4) is 0 Å². The topological polar surface area (TPSA) is 15.3 Å². The Labute approximate surface area is 136 Å². The first-order valence-corrected chi connectivity index (χ1v) is 8.64. The summed E-state index contributed by atoms with van der Waals surface area (Å²) in [7, 11) is 0. The Morgan fingerprint density at radius 2 is 1.95 bits per heavy atom. The molecule has 0 bridgehead atoms.